The minimum absolute atomic E-state index is 0.318. The number of hydrogen-bond donors (Lipinski definition) is 2. The van der Waals surface area contributed by atoms with Gasteiger partial charge in [-0.3, -0.25) is 11.3 Å². The molecular formula is C19H26N2. The van der Waals surface area contributed by atoms with Crippen LogP contribution >= 0.6 is 0 Å². The molecule has 2 aromatic rings. The predicted octanol–water partition coefficient (Wildman–Crippen LogP) is 3.56. The lowest BCUT2D eigenvalue weighted by molar-refractivity contribution is 0.491. The van der Waals surface area contributed by atoms with Crippen LogP contribution in [0.2, 0.25) is 0 Å². The number of benzene rings is 2. The third-order valence-corrected chi connectivity index (χ3v) is 4.05. The molecule has 0 radical (unpaired) electrons. The van der Waals surface area contributed by atoms with Crippen LogP contribution in [0.3, 0.4) is 0 Å². The zero-order chi connectivity index (χ0) is 15.1. The highest BCUT2D eigenvalue weighted by Gasteiger charge is 2.08. The van der Waals surface area contributed by atoms with Gasteiger partial charge in [-0.1, -0.05) is 61.0 Å². The van der Waals surface area contributed by atoms with Crippen LogP contribution < -0.4 is 11.3 Å². The maximum absolute atomic E-state index is 5.71. The van der Waals surface area contributed by atoms with E-state index < -0.39 is 0 Å². The van der Waals surface area contributed by atoms with Crippen molar-refractivity contribution in [2.45, 2.75) is 45.6 Å². The quantitative estimate of drug-likeness (QED) is 0.602. The smallest absolute Gasteiger partial charge is 0.0254 e. The lowest BCUT2D eigenvalue weighted by Crippen LogP contribution is -2.37. The molecule has 2 heteroatoms. The number of aryl methyl sites for hydroxylation is 3. The van der Waals surface area contributed by atoms with E-state index in [2.05, 4.69) is 67.8 Å². The van der Waals surface area contributed by atoms with Gasteiger partial charge in [-0.05, 0) is 49.3 Å². The van der Waals surface area contributed by atoms with E-state index in [1.54, 1.807) is 0 Å². The molecular weight excluding hydrogens is 256 g/mol. The first-order chi connectivity index (χ1) is 10.2. The summed E-state index contributed by atoms with van der Waals surface area (Å²) in [4.78, 5) is 0. The van der Waals surface area contributed by atoms with Crippen molar-refractivity contribution in [3.63, 3.8) is 0 Å². The fourth-order valence-electron chi connectivity index (χ4n) is 2.54. The molecule has 2 nitrogen and oxygen atoms in total. The van der Waals surface area contributed by atoms with Gasteiger partial charge in [0.05, 0.1) is 0 Å². The van der Waals surface area contributed by atoms with E-state index in [9.17, 15) is 0 Å². The number of nitrogens with two attached hydrogens (primary N) is 1. The number of hydrogen-bond acceptors (Lipinski definition) is 2. The van der Waals surface area contributed by atoms with E-state index in [4.69, 9.17) is 5.84 Å². The van der Waals surface area contributed by atoms with E-state index in [1.165, 1.54) is 22.3 Å². The highest BCUT2D eigenvalue weighted by atomic mass is 15.2. The molecule has 0 heterocycles. The molecule has 0 aliphatic heterocycles. The Kier molecular flexibility index (Phi) is 5.97. The van der Waals surface area contributed by atoms with Gasteiger partial charge >= 0.3 is 0 Å². The summed E-state index contributed by atoms with van der Waals surface area (Å²) in [7, 11) is 0. The van der Waals surface area contributed by atoms with Crippen molar-refractivity contribution < 1.29 is 0 Å². The predicted molar refractivity (Wildman–Crippen MR) is 90.1 cm³/mol. The third kappa shape index (κ3) is 5.00. The molecule has 2 aromatic carbocycles. The molecule has 0 saturated carbocycles. The second-order valence-electron chi connectivity index (χ2n) is 5.76. The fourth-order valence-corrected chi connectivity index (χ4v) is 2.54. The molecule has 0 aromatic heterocycles. The van der Waals surface area contributed by atoms with Gasteiger partial charge in [0.1, 0.15) is 0 Å². The Morgan fingerprint density at radius 2 is 1.48 bits per heavy atom. The van der Waals surface area contributed by atoms with Crippen molar-refractivity contribution in [2.75, 3.05) is 0 Å². The number of hydrazine groups is 1. The Bertz CT molecular complexity index is 528. The lowest BCUT2D eigenvalue weighted by atomic mass is 9.98. The lowest BCUT2D eigenvalue weighted by Gasteiger charge is -2.16. The molecule has 0 fully saturated rings. The third-order valence-electron chi connectivity index (χ3n) is 4.05. The summed E-state index contributed by atoms with van der Waals surface area (Å²) in [5.74, 6) is 5.71. The summed E-state index contributed by atoms with van der Waals surface area (Å²) in [6, 6.07) is 17.9. The largest absolute Gasteiger partial charge is 0.271 e. The summed E-state index contributed by atoms with van der Waals surface area (Å²) in [6.45, 7) is 4.30. The maximum atomic E-state index is 5.71. The Labute approximate surface area is 128 Å². The molecule has 112 valence electrons. The van der Waals surface area contributed by atoms with Gasteiger partial charge < -0.3 is 0 Å². The van der Waals surface area contributed by atoms with Crippen LogP contribution in [0.4, 0.5) is 0 Å². The van der Waals surface area contributed by atoms with Crippen LogP contribution in [0.5, 0.6) is 0 Å². The first kappa shape index (κ1) is 15.7. The van der Waals surface area contributed by atoms with Gasteiger partial charge in [0.15, 0.2) is 0 Å². The Morgan fingerprint density at radius 1 is 0.905 bits per heavy atom. The molecule has 0 aliphatic rings. The van der Waals surface area contributed by atoms with Crippen LogP contribution in [0, 0.1) is 6.92 Å². The van der Waals surface area contributed by atoms with Gasteiger partial charge in [-0.15, -0.1) is 0 Å². The van der Waals surface area contributed by atoms with Gasteiger partial charge in [-0.25, -0.2) is 0 Å². The molecule has 0 aliphatic carbocycles. The van der Waals surface area contributed by atoms with Crippen molar-refractivity contribution in [1.29, 1.82) is 0 Å². The van der Waals surface area contributed by atoms with Crippen LogP contribution in [0.1, 0.15) is 35.6 Å². The molecule has 0 saturated heterocycles. The van der Waals surface area contributed by atoms with Crippen LogP contribution in [-0.2, 0) is 19.3 Å². The van der Waals surface area contributed by atoms with Gasteiger partial charge in [0.2, 0.25) is 0 Å². The monoisotopic (exact) mass is 282 g/mol. The highest BCUT2D eigenvalue weighted by Crippen LogP contribution is 2.12. The van der Waals surface area contributed by atoms with Crippen molar-refractivity contribution in [2.24, 2.45) is 5.84 Å². The summed E-state index contributed by atoms with van der Waals surface area (Å²) in [5.41, 5.74) is 8.38. The maximum Gasteiger partial charge on any atom is 0.0254 e. The molecule has 0 bridgehead atoms. The zero-order valence-corrected chi connectivity index (χ0v) is 13.1. The Hall–Kier alpha value is -1.64. The Morgan fingerprint density at radius 3 is 2.05 bits per heavy atom. The van der Waals surface area contributed by atoms with Crippen molar-refractivity contribution >= 4 is 0 Å². The highest BCUT2D eigenvalue weighted by molar-refractivity contribution is 5.24. The fraction of sp³-hybridized carbons (Fsp3) is 0.368. The van der Waals surface area contributed by atoms with Crippen molar-refractivity contribution in [3.05, 3.63) is 70.8 Å². The minimum atomic E-state index is 0.318. The summed E-state index contributed by atoms with van der Waals surface area (Å²) in [6.07, 6.45) is 4.18. The van der Waals surface area contributed by atoms with Crippen LogP contribution in [-0.4, -0.2) is 6.04 Å². The number of nitrogens with one attached hydrogen (secondary N) is 1. The first-order valence-corrected chi connectivity index (χ1v) is 7.80. The second-order valence-corrected chi connectivity index (χ2v) is 5.76. The average molecular weight is 282 g/mol. The van der Waals surface area contributed by atoms with E-state index in [-0.39, 0.29) is 0 Å². The zero-order valence-electron chi connectivity index (χ0n) is 13.1. The van der Waals surface area contributed by atoms with E-state index >= 15 is 0 Å². The molecule has 2 rings (SSSR count). The van der Waals surface area contributed by atoms with Crippen LogP contribution in [0.25, 0.3) is 0 Å². The van der Waals surface area contributed by atoms with E-state index in [0.29, 0.717) is 6.04 Å². The Balaban J connectivity index is 1.88. The minimum Gasteiger partial charge on any atom is -0.271 e. The summed E-state index contributed by atoms with van der Waals surface area (Å²) >= 11 is 0. The van der Waals surface area contributed by atoms with Crippen molar-refractivity contribution in [1.82, 2.24) is 5.43 Å². The summed E-state index contributed by atoms with van der Waals surface area (Å²) < 4.78 is 0. The number of rotatable bonds is 7. The van der Waals surface area contributed by atoms with Gasteiger partial charge in [0, 0.05) is 6.04 Å². The second kappa shape index (κ2) is 7.96. The van der Waals surface area contributed by atoms with E-state index in [1.807, 2.05) is 0 Å². The van der Waals surface area contributed by atoms with Gasteiger partial charge in [0.25, 0.3) is 0 Å². The molecule has 3 N–H and O–H groups in total. The molecule has 1 atom stereocenters. The molecule has 21 heavy (non-hydrogen) atoms. The summed E-state index contributed by atoms with van der Waals surface area (Å²) in [5, 5.41) is 0. The van der Waals surface area contributed by atoms with Crippen LogP contribution in [0.15, 0.2) is 48.5 Å². The standard InChI is InChI=1S/C19H26N2/c1-3-16-8-10-18(11-9-16)14-19(21-20)13-12-17-6-4-15(2)5-7-17/h4-11,19,21H,3,12-14,20H2,1-2H3. The average Bonchev–Trinajstić information content (AvgIpc) is 2.53. The molecule has 0 amide bonds. The van der Waals surface area contributed by atoms with E-state index in [0.717, 1.165) is 25.7 Å². The normalized spacial score (nSPS) is 12.3. The first-order valence-electron chi connectivity index (χ1n) is 7.80. The molecule has 0 spiro atoms. The van der Waals surface area contributed by atoms with Crippen molar-refractivity contribution in [3.8, 4) is 0 Å². The SMILES string of the molecule is CCc1ccc(CC(CCc2ccc(C)cc2)NN)cc1. The van der Waals surface area contributed by atoms with Gasteiger partial charge in [-0.2, -0.15) is 0 Å². The topological polar surface area (TPSA) is 38.0 Å². The molecule has 1 unspecified atom stereocenters.